The molecule has 0 aliphatic carbocycles. The molecule has 1 heterocycles. The largest absolute Gasteiger partial charge is 0.383 e. The van der Waals surface area contributed by atoms with Crippen LogP contribution in [0.3, 0.4) is 0 Å². The third kappa shape index (κ3) is 5.04. The predicted molar refractivity (Wildman–Crippen MR) is 62.6 cm³/mol. The summed E-state index contributed by atoms with van der Waals surface area (Å²) in [6, 6.07) is 0. The molecule has 0 atom stereocenters. The van der Waals surface area contributed by atoms with Crippen LogP contribution in [0.2, 0.25) is 0 Å². The molecule has 0 aliphatic heterocycles. The minimum atomic E-state index is 0.00536. The highest BCUT2D eigenvalue weighted by Gasteiger charge is 2.02. The van der Waals surface area contributed by atoms with Crippen LogP contribution in [-0.4, -0.2) is 42.1 Å². The van der Waals surface area contributed by atoms with E-state index in [0.29, 0.717) is 26.1 Å². The molecule has 0 spiro atoms. The van der Waals surface area contributed by atoms with Crippen molar-refractivity contribution in [2.24, 2.45) is 0 Å². The Morgan fingerprint density at radius 3 is 2.94 bits per heavy atom. The predicted octanol–water partition coefficient (Wildman–Crippen LogP) is 0.411. The van der Waals surface area contributed by atoms with Crippen molar-refractivity contribution in [2.75, 3.05) is 32.1 Å². The van der Waals surface area contributed by atoms with Gasteiger partial charge in [-0.05, 0) is 6.92 Å². The Hall–Kier alpha value is -1.21. The van der Waals surface area contributed by atoms with Crippen LogP contribution in [0.1, 0.15) is 12.2 Å². The second-order valence-corrected chi connectivity index (χ2v) is 3.92. The Morgan fingerprint density at radius 2 is 2.31 bits per heavy atom. The zero-order chi connectivity index (χ0) is 11.8. The molecule has 90 valence electrons. The van der Waals surface area contributed by atoms with Gasteiger partial charge in [-0.1, -0.05) is 0 Å². The van der Waals surface area contributed by atoms with E-state index in [1.807, 2.05) is 6.92 Å². The maximum Gasteiger partial charge on any atom is 0.221 e. The second-order valence-electron chi connectivity index (χ2n) is 3.17. The van der Waals surface area contributed by atoms with E-state index in [-0.39, 0.29) is 5.91 Å². The number of aryl methyl sites for hydroxylation is 1. The highest BCUT2D eigenvalue weighted by Crippen LogP contribution is 2.09. The van der Waals surface area contributed by atoms with Crippen LogP contribution in [0.5, 0.6) is 0 Å². The monoisotopic (exact) mass is 244 g/mol. The van der Waals surface area contributed by atoms with Gasteiger partial charge in [0.05, 0.1) is 6.61 Å². The number of nitrogens with one attached hydrogen (secondary N) is 2. The van der Waals surface area contributed by atoms with Gasteiger partial charge in [-0.3, -0.25) is 4.79 Å². The van der Waals surface area contributed by atoms with Gasteiger partial charge in [0.2, 0.25) is 11.0 Å². The number of carbonyl (C=O) groups is 1. The van der Waals surface area contributed by atoms with Gasteiger partial charge in [0.25, 0.3) is 0 Å². The Labute approximate surface area is 98.6 Å². The number of hydrogen-bond acceptors (Lipinski definition) is 6. The number of rotatable bonds is 7. The van der Waals surface area contributed by atoms with Crippen molar-refractivity contribution < 1.29 is 9.53 Å². The lowest BCUT2D eigenvalue weighted by Gasteiger charge is -2.04. The standard InChI is InChI=1S/C9H16N4O2S/c1-7-12-9(16-13-7)11-4-3-8(14)10-5-6-15-2/h3-6H2,1-2H3,(H,10,14)(H,11,12,13). The van der Waals surface area contributed by atoms with E-state index in [1.54, 1.807) is 7.11 Å². The minimum Gasteiger partial charge on any atom is -0.383 e. The Morgan fingerprint density at radius 1 is 1.50 bits per heavy atom. The number of aromatic nitrogens is 2. The lowest BCUT2D eigenvalue weighted by atomic mass is 10.4. The molecular formula is C9H16N4O2S. The second kappa shape index (κ2) is 7.13. The van der Waals surface area contributed by atoms with Gasteiger partial charge in [0.1, 0.15) is 5.82 Å². The molecule has 1 aromatic heterocycles. The van der Waals surface area contributed by atoms with Crippen molar-refractivity contribution in [3.8, 4) is 0 Å². The van der Waals surface area contributed by atoms with Crippen molar-refractivity contribution in [3.05, 3.63) is 5.82 Å². The van der Waals surface area contributed by atoms with Gasteiger partial charge in [-0.2, -0.15) is 4.37 Å². The van der Waals surface area contributed by atoms with E-state index in [0.717, 1.165) is 11.0 Å². The molecule has 1 aromatic rings. The van der Waals surface area contributed by atoms with Crippen LogP contribution in [0.4, 0.5) is 5.13 Å². The first-order valence-corrected chi connectivity index (χ1v) is 5.79. The van der Waals surface area contributed by atoms with Gasteiger partial charge in [0, 0.05) is 38.2 Å². The average molecular weight is 244 g/mol. The quantitative estimate of drug-likeness (QED) is 0.679. The van der Waals surface area contributed by atoms with Crippen LogP contribution < -0.4 is 10.6 Å². The fourth-order valence-electron chi connectivity index (χ4n) is 1.03. The molecule has 0 aromatic carbocycles. The number of anilines is 1. The fraction of sp³-hybridized carbons (Fsp3) is 0.667. The molecule has 16 heavy (non-hydrogen) atoms. The first-order chi connectivity index (χ1) is 7.72. The number of methoxy groups -OCH3 is 1. The first kappa shape index (κ1) is 12.9. The Kier molecular flexibility index (Phi) is 5.73. The van der Waals surface area contributed by atoms with Crippen molar-refractivity contribution in [3.63, 3.8) is 0 Å². The normalized spacial score (nSPS) is 10.1. The van der Waals surface area contributed by atoms with Crippen LogP contribution >= 0.6 is 11.5 Å². The van der Waals surface area contributed by atoms with Gasteiger partial charge >= 0.3 is 0 Å². The summed E-state index contributed by atoms with van der Waals surface area (Å²) in [5.74, 6) is 0.753. The SMILES string of the molecule is COCCNC(=O)CCNc1nc(C)ns1. The highest BCUT2D eigenvalue weighted by atomic mass is 32.1. The lowest BCUT2D eigenvalue weighted by molar-refractivity contribution is -0.121. The van der Waals surface area contributed by atoms with E-state index in [4.69, 9.17) is 4.74 Å². The maximum atomic E-state index is 11.3. The number of carbonyl (C=O) groups excluding carboxylic acids is 1. The van der Waals surface area contributed by atoms with E-state index in [9.17, 15) is 4.79 Å². The van der Waals surface area contributed by atoms with Crippen LogP contribution in [-0.2, 0) is 9.53 Å². The fourth-order valence-corrected chi connectivity index (χ4v) is 1.63. The number of hydrogen-bond donors (Lipinski definition) is 2. The number of nitrogens with zero attached hydrogens (tertiary/aromatic N) is 2. The molecule has 0 aliphatic rings. The smallest absolute Gasteiger partial charge is 0.221 e. The maximum absolute atomic E-state index is 11.3. The van der Waals surface area contributed by atoms with Gasteiger partial charge < -0.3 is 15.4 Å². The van der Waals surface area contributed by atoms with Crippen molar-refractivity contribution >= 4 is 22.6 Å². The molecule has 2 N–H and O–H groups in total. The average Bonchev–Trinajstić information content (AvgIpc) is 2.65. The van der Waals surface area contributed by atoms with E-state index < -0.39 is 0 Å². The van der Waals surface area contributed by atoms with Crippen LogP contribution in [0.15, 0.2) is 0 Å². The summed E-state index contributed by atoms with van der Waals surface area (Å²) in [6.07, 6.45) is 0.419. The zero-order valence-electron chi connectivity index (χ0n) is 9.45. The van der Waals surface area contributed by atoms with Crippen molar-refractivity contribution in [1.82, 2.24) is 14.7 Å². The minimum absolute atomic E-state index is 0.00536. The Bertz CT molecular complexity index is 329. The Balaban J connectivity index is 2.08. The summed E-state index contributed by atoms with van der Waals surface area (Å²) in [4.78, 5) is 15.4. The van der Waals surface area contributed by atoms with Crippen molar-refractivity contribution in [2.45, 2.75) is 13.3 Å². The summed E-state index contributed by atoms with van der Waals surface area (Å²) < 4.78 is 8.85. The van der Waals surface area contributed by atoms with Crippen molar-refractivity contribution in [1.29, 1.82) is 0 Å². The van der Waals surface area contributed by atoms with E-state index in [1.165, 1.54) is 11.5 Å². The molecule has 7 heteroatoms. The topological polar surface area (TPSA) is 76.1 Å². The molecule has 0 fully saturated rings. The molecule has 0 radical (unpaired) electrons. The third-order valence-corrected chi connectivity index (χ3v) is 2.55. The van der Waals surface area contributed by atoms with Crippen LogP contribution in [0, 0.1) is 6.92 Å². The molecule has 1 amide bonds. The molecule has 0 unspecified atom stereocenters. The van der Waals surface area contributed by atoms with Gasteiger partial charge in [-0.15, -0.1) is 0 Å². The van der Waals surface area contributed by atoms with E-state index >= 15 is 0 Å². The molecule has 6 nitrogen and oxygen atoms in total. The van der Waals surface area contributed by atoms with Gasteiger partial charge in [0.15, 0.2) is 0 Å². The van der Waals surface area contributed by atoms with Gasteiger partial charge in [-0.25, -0.2) is 4.98 Å². The molecule has 1 rings (SSSR count). The summed E-state index contributed by atoms with van der Waals surface area (Å²) in [6.45, 7) is 3.48. The third-order valence-electron chi connectivity index (χ3n) is 1.78. The van der Waals surface area contributed by atoms with E-state index in [2.05, 4.69) is 20.0 Å². The number of amides is 1. The first-order valence-electron chi connectivity index (χ1n) is 5.02. The summed E-state index contributed by atoms with van der Waals surface area (Å²) in [5, 5.41) is 6.53. The molecule has 0 bridgehead atoms. The summed E-state index contributed by atoms with van der Waals surface area (Å²) >= 11 is 1.30. The highest BCUT2D eigenvalue weighted by molar-refractivity contribution is 7.09. The lowest BCUT2D eigenvalue weighted by Crippen LogP contribution is -2.28. The molecular weight excluding hydrogens is 228 g/mol. The summed E-state index contributed by atoms with van der Waals surface area (Å²) in [5.41, 5.74) is 0. The number of ether oxygens (including phenoxy) is 1. The molecule has 0 saturated carbocycles. The zero-order valence-corrected chi connectivity index (χ0v) is 10.3. The van der Waals surface area contributed by atoms with Crippen LogP contribution in [0.25, 0.3) is 0 Å². The summed E-state index contributed by atoms with van der Waals surface area (Å²) in [7, 11) is 1.60. The molecule has 0 saturated heterocycles.